The summed E-state index contributed by atoms with van der Waals surface area (Å²) in [6.45, 7) is 9.38. The van der Waals surface area contributed by atoms with Crippen LogP contribution in [-0.4, -0.2) is 43.8 Å². The molecule has 9 heteroatoms. The Bertz CT molecular complexity index is 896. The molecular weight excluding hydrogens is 435 g/mol. The van der Waals surface area contributed by atoms with E-state index in [9.17, 15) is 13.2 Å². The minimum absolute atomic E-state index is 0.0546. The number of rotatable bonds is 10. The van der Waals surface area contributed by atoms with Gasteiger partial charge in [-0.2, -0.15) is 5.10 Å². The maximum atomic E-state index is 14.1. The number of anilines is 1. The van der Waals surface area contributed by atoms with Crippen LogP contribution in [-0.2, 0) is 16.2 Å². The number of aromatic nitrogens is 2. The van der Waals surface area contributed by atoms with Crippen molar-refractivity contribution in [3.8, 4) is 11.3 Å². The number of hydrogen-bond acceptors (Lipinski definition) is 4. The number of halogens is 3. The van der Waals surface area contributed by atoms with Gasteiger partial charge in [-0.25, -0.2) is 17.9 Å². The van der Waals surface area contributed by atoms with Crippen LogP contribution in [0.5, 0.6) is 0 Å². The van der Waals surface area contributed by atoms with Crippen LogP contribution in [0, 0.1) is 11.6 Å². The Hall–Kier alpha value is -1.84. The fourth-order valence-corrected chi connectivity index (χ4v) is 4.71. The maximum Gasteiger partial charge on any atom is 0.154 e. The van der Waals surface area contributed by atoms with Gasteiger partial charge in [-0.05, 0) is 44.4 Å². The van der Waals surface area contributed by atoms with Crippen LogP contribution in [0.4, 0.5) is 19.0 Å². The van der Waals surface area contributed by atoms with Crippen molar-refractivity contribution in [2.24, 2.45) is 0 Å². The molecule has 178 valence electrons. The predicted molar refractivity (Wildman–Crippen MR) is 123 cm³/mol. The van der Waals surface area contributed by atoms with Crippen LogP contribution in [0.3, 0.4) is 0 Å². The molecule has 1 unspecified atom stereocenters. The summed E-state index contributed by atoms with van der Waals surface area (Å²) in [7, 11) is 0.299. The highest BCUT2D eigenvalue weighted by atomic mass is 28.3. The highest BCUT2D eigenvalue weighted by Gasteiger charge is 2.29. The Morgan fingerprint density at radius 1 is 1.19 bits per heavy atom. The Balaban J connectivity index is 2.00. The minimum Gasteiger partial charge on any atom is -0.377 e. The summed E-state index contributed by atoms with van der Waals surface area (Å²) in [5.74, 6) is -0.810. The lowest BCUT2D eigenvalue weighted by molar-refractivity contribution is 0.0794. The van der Waals surface area contributed by atoms with Gasteiger partial charge in [0.1, 0.15) is 24.5 Å². The molecule has 1 aliphatic rings. The number of ether oxygens (including phenoxy) is 2. The molecule has 0 bridgehead atoms. The lowest BCUT2D eigenvalue weighted by Gasteiger charge is -2.17. The summed E-state index contributed by atoms with van der Waals surface area (Å²) in [4.78, 5) is 0. The quantitative estimate of drug-likeness (QED) is 0.335. The zero-order chi connectivity index (χ0) is 23.5. The van der Waals surface area contributed by atoms with Crippen LogP contribution in [0.1, 0.15) is 37.9 Å². The smallest absolute Gasteiger partial charge is 0.154 e. The second-order valence-corrected chi connectivity index (χ2v) is 15.4. The van der Waals surface area contributed by atoms with Crippen molar-refractivity contribution in [3.05, 3.63) is 35.4 Å². The molecule has 2 aromatic rings. The monoisotopic (exact) mass is 469 g/mol. The average molecular weight is 470 g/mol. The number of benzene rings is 1. The molecule has 3 rings (SSSR count). The van der Waals surface area contributed by atoms with Crippen molar-refractivity contribution in [1.82, 2.24) is 9.78 Å². The third kappa shape index (κ3) is 6.36. The minimum atomic E-state index is -1.27. The molecule has 0 saturated heterocycles. The van der Waals surface area contributed by atoms with Gasteiger partial charge in [0.25, 0.3) is 0 Å². The number of nitrogens with zero attached hydrogens (tertiary/aromatic N) is 2. The molecule has 0 aliphatic heterocycles. The van der Waals surface area contributed by atoms with E-state index in [1.54, 1.807) is 11.8 Å². The molecule has 1 aromatic carbocycles. The fraction of sp³-hybridized carbons (Fsp3) is 0.609. The number of hydrogen-bond donors (Lipinski definition) is 1. The van der Waals surface area contributed by atoms with E-state index in [-0.39, 0.29) is 12.8 Å². The first-order chi connectivity index (χ1) is 15.1. The number of nitrogens with one attached hydrogen (secondary N) is 1. The third-order valence-electron chi connectivity index (χ3n) is 5.80. The zero-order valence-electron chi connectivity index (χ0n) is 19.6. The van der Waals surface area contributed by atoms with Gasteiger partial charge in [-0.15, -0.1) is 0 Å². The van der Waals surface area contributed by atoms with Crippen molar-refractivity contribution < 1.29 is 22.6 Å². The van der Waals surface area contributed by atoms with E-state index >= 15 is 0 Å². The van der Waals surface area contributed by atoms with E-state index in [4.69, 9.17) is 9.47 Å². The Morgan fingerprint density at radius 2 is 1.88 bits per heavy atom. The standard InChI is InChI=1S/C23H34F3N3O2Si/c1-15(30-2)21-22(16-10-18(25)12-19(26)11-16)29(14-31-8-9-32(3,4)5)28-23(21)27-20-7-6-17(24)13-20/h10-12,15,17,20H,6-9,13-14H2,1-5H3,(H,27,28)/t15?,17-,20+/m1/s1. The number of alkyl halides is 1. The summed E-state index contributed by atoms with van der Waals surface area (Å²) >= 11 is 0. The van der Waals surface area contributed by atoms with E-state index in [0.717, 1.165) is 12.1 Å². The summed E-state index contributed by atoms with van der Waals surface area (Å²) in [5.41, 5.74) is 1.56. The predicted octanol–water partition coefficient (Wildman–Crippen LogP) is 6.15. The Kier molecular flexibility index (Phi) is 8.05. The van der Waals surface area contributed by atoms with Crippen LogP contribution < -0.4 is 5.32 Å². The summed E-state index contributed by atoms with van der Waals surface area (Å²) in [5, 5.41) is 8.02. The molecule has 0 radical (unpaired) electrons. The molecule has 0 spiro atoms. The van der Waals surface area contributed by atoms with Crippen LogP contribution >= 0.6 is 0 Å². The molecular formula is C23H34F3N3O2Si. The summed E-state index contributed by atoms with van der Waals surface area (Å²) in [6.07, 6.45) is 0.377. The van der Waals surface area contributed by atoms with E-state index < -0.39 is 32.0 Å². The number of methoxy groups -OCH3 is 1. The fourth-order valence-electron chi connectivity index (χ4n) is 3.95. The maximum absolute atomic E-state index is 14.1. The van der Waals surface area contributed by atoms with Gasteiger partial charge >= 0.3 is 0 Å². The first kappa shape index (κ1) is 24.8. The van der Waals surface area contributed by atoms with Gasteiger partial charge in [-0.1, -0.05) is 19.6 Å². The van der Waals surface area contributed by atoms with Gasteiger partial charge in [-0.3, -0.25) is 0 Å². The van der Waals surface area contributed by atoms with Crippen LogP contribution in [0.2, 0.25) is 25.7 Å². The lowest BCUT2D eigenvalue weighted by Crippen LogP contribution is -2.22. The van der Waals surface area contributed by atoms with Gasteiger partial charge in [0.15, 0.2) is 5.82 Å². The molecule has 3 atom stereocenters. The van der Waals surface area contributed by atoms with Crippen LogP contribution in [0.25, 0.3) is 11.3 Å². The molecule has 5 nitrogen and oxygen atoms in total. The van der Waals surface area contributed by atoms with E-state index in [2.05, 4.69) is 30.1 Å². The molecule has 1 saturated carbocycles. The topological polar surface area (TPSA) is 48.3 Å². The second kappa shape index (κ2) is 10.4. The van der Waals surface area contributed by atoms with E-state index in [0.29, 0.717) is 48.5 Å². The van der Waals surface area contributed by atoms with Crippen molar-refractivity contribution in [3.63, 3.8) is 0 Å². The molecule has 1 fully saturated rings. The van der Waals surface area contributed by atoms with Crippen molar-refractivity contribution in [2.45, 2.75) is 76.9 Å². The van der Waals surface area contributed by atoms with Gasteiger partial charge in [0, 0.05) is 39.5 Å². The molecule has 32 heavy (non-hydrogen) atoms. The molecule has 1 N–H and O–H groups in total. The van der Waals surface area contributed by atoms with E-state index in [1.807, 2.05) is 6.92 Å². The zero-order valence-corrected chi connectivity index (χ0v) is 20.6. The van der Waals surface area contributed by atoms with Crippen LogP contribution in [0.15, 0.2) is 18.2 Å². The molecule has 1 aromatic heterocycles. The largest absolute Gasteiger partial charge is 0.377 e. The average Bonchev–Trinajstić information content (AvgIpc) is 3.26. The van der Waals surface area contributed by atoms with Crippen molar-refractivity contribution in [1.29, 1.82) is 0 Å². The first-order valence-corrected chi connectivity index (χ1v) is 14.9. The second-order valence-electron chi connectivity index (χ2n) is 9.75. The first-order valence-electron chi connectivity index (χ1n) is 11.2. The SMILES string of the molecule is COC(C)c1c(N[C@H]2CC[C@@H](F)C2)nn(COCC[Si](C)(C)C)c1-c1cc(F)cc(F)c1. The molecule has 1 heterocycles. The van der Waals surface area contributed by atoms with Crippen molar-refractivity contribution in [2.75, 3.05) is 19.0 Å². The van der Waals surface area contributed by atoms with Gasteiger partial charge in [0.05, 0.1) is 17.4 Å². The summed E-state index contributed by atoms with van der Waals surface area (Å²) < 4.78 is 55.0. The molecule has 1 aliphatic carbocycles. The highest BCUT2D eigenvalue weighted by molar-refractivity contribution is 6.76. The van der Waals surface area contributed by atoms with Gasteiger partial charge in [0.2, 0.25) is 0 Å². The highest BCUT2D eigenvalue weighted by Crippen LogP contribution is 2.38. The van der Waals surface area contributed by atoms with Crippen molar-refractivity contribution >= 4 is 13.9 Å². The molecule has 0 amide bonds. The third-order valence-corrected chi connectivity index (χ3v) is 7.51. The van der Waals surface area contributed by atoms with Gasteiger partial charge < -0.3 is 14.8 Å². The summed E-state index contributed by atoms with van der Waals surface area (Å²) in [6, 6.07) is 4.34. The van der Waals surface area contributed by atoms with E-state index in [1.165, 1.54) is 12.1 Å². The lowest BCUT2D eigenvalue weighted by atomic mass is 10.0. The normalized spacial score (nSPS) is 20.0. The Morgan fingerprint density at radius 3 is 2.44 bits per heavy atom. The Labute approximate surface area is 189 Å².